The number of thiophene rings is 1. The van der Waals surface area contributed by atoms with Crippen LogP contribution in [-0.2, 0) is 11.3 Å². The summed E-state index contributed by atoms with van der Waals surface area (Å²) in [5, 5.41) is 22.7. The summed E-state index contributed by atoms with van der Waals surface area (Å²) in [7, 11) is 0. The zero-order valence-corrected chi connectivity index (χ0v) is 14.9. The van der Waals surface area contributed by atoms with Crippen molar-refractivity contribution in [3.05, 3.63) is 57.6 Å². The summed E-state index contributed by atoms with van der Waals surface area (Å²) in [5.41, 5.74) is 2.38. The maximum atomic E-state index is 11.0. The maximum absolute atomic E-state index is 11.0. The van der Waals surface area contributed by atoms with E-state index < -0.39 is 5.97 Å². The van der Waals surface area contributed by atoms with E-state index in [9.17, 15) is 4.79 Å². The van der Waals surface area contributed by atoms with Gasteiger partial charge in [-0.05, 0) is 23.6 Å². The average Bonchev–Trinajstić information content (AvgIpc) is 3.30. The Morgan fingerprint density at radius 1 is 1.24 bits per heavy atom. The van der Waals surface area contributed by atoms with Crippen molar-refractivity contribution in [1.29, 1.82) is 5.26 Å². The molecule has 0 spiro atoms. The number of hydrogen-bond donors (Lipinski definition) is 1. The number of carboxylic acids is 1. The van der Waals surface area contributed by atoms with Crippen molar-refractivity contribution in [3.8, 4) is 17.3 Å². The summed E-state index contributed by atoms with van der Waals surface area (Å²) in [4.78, 5) is 18.8. The normalized spacial score (nSPS) is 10.4. The number of aliphatic carboxylic acids is 1. The third kappa shape index (κ3) is 4.44. The van der Waals surface area contributed by atoms with Crippen LogP contribution in [0.4, 0.5) is 5.13 Å². The van der Waals surface area contributed by atoms with Gasteiger partial charge in [0, 0.05) is 22.4 Å². The number of carboxylic acid groups (broad SMARTS) is 1. The van der Waals surface area contributed by atoms with Gasteiger partial charge in [0.2, 0.25) is 0 Å². The number of carbonyl (C=O) groups is 1. The van der Waals surface area contributed by atoms with E-state index in [1.807, 2.05) is 39.9 Å². The van der Waals surface area contributed by atoms with Gasteiger partial charge >= 0.3 is 5.97 Å². The zero-order chi connectivity index (χ0) is 17.6. The minimum absolute atomic E-state index is 0.0666. The molecule has 0 aliphatic rings. The lowest BCUT2D eigenvalue weighted by molar-refractivity contribution is -0.136. The van der Waals surface area contributed by atoms with Crippen LogP contribution in [0.1, 0.15) is 16.9 Å². The molecule has 0 radical (unpaired) electrons. The van der Waals surface area contributed by atoms with Crippen molar-refractivity contribution >= 4 is 33.8 Å². The Hall–Kier alpha value is -2.69. The number of rotatable bonds is 7. The first kappa shape index (κ1) is 17.1. The molecule has 0 atom stereocenters. The zero-order valence-electron chi connectivity index (χ0n) is 13.3. The molecule has 0 aliphatic heterocycles. The van der Waals surface area contributed by atoms with E-state index in [4.69, 9.17) is 10.4 Å². The van der Waals surface area contributed by atoms with E-state index >= 15 is 0 Å². The third-order valence-corrected chi connectivity index (χ3v) is 5.36. The Balaban J connectivity index is 1.81. The van der Waals surface area contributed by atoms with Crippen molar-refractivity contribution in [2.45, 2.75) is 13.0 Å². The quantitative estimate of drug-likeness (QED) is 0.674. The molecule has 0 amide bonds. The van der Waals surface area contributed by atoms with Crippen LogP contribution in [0.3, 0.4) is 0 Å². The second kappa shape index (κ2) is 7.92. The van der Waals surface area contributed by atoms with Crippen LogP contribution in [0.25, 0.3) is 11.3 Å². The van der Waals surface area contributed by atoms with E-state index in [0.717, 1.165) is 16.4 Å². The predicted octanol–water partition coefficient (Wildman–Crippen LogP) is 4.22. The van der Waals surface area contributed by atoms with Crippen LogP contribution in [0.2, 0.25) is 0 Å². The molecule has 0 aliphatic carbocycles. The van der Waals surface area contributed by atoms with Crippen LogP contribution >= 0.6 is 22.7 Å². The van der Waals surface area contributed by atoms with Gasteiger partial charge in [-0.2, -0.15) is 5.26 Å². The highest BCUT2D eigenvalue weighted by Crippen LogP contribution is 2.29. The minimum Gasteiger partial charge on any atom is -0.481 e. The molecule has 3 aromatic rings. The Kier molecular flexibility index (Phi) is 5.43. The predicted molar refractivity (Wildman–Crippen MR) is 99.9 cm³/mol. The fraction of sp³-hybridized carbons (Fsp3) is 0.167. The number of aromatic nitrogens is 1. The largest absolute Gasteiger partial charge is 0.481 e. The first-order chi connectivity index (χ1) is 12.2. The standard InChI is InChI=1S/C18H15N3O2S2/c19-10-13-3-5-14(6-4-13)16-12-25-18(20-16)21(8-7-17(22)23)11-15-2-1-9-24-15/h1-6,9,12H,7-8,11H2,(H,22,23). The van der Waals surface area contributed by atoms with Crippen LogP contribution in [-0.4, -0.2) is 22.6 Å². The van der Waals surface area contributed by atoms with Crippen molar-refractivity contribution in [1.82, 2.24) is 4.98 Å². The van der Waals surface area contributed by atoms with Gasteiger partial charge in [-0.15, -0.1) is 22.7 Å². The van der Waals surface area contributed by atoms with Crippen LogP contribution in [0, 0.1) is 11.3 Å². The molecule has 0 bridgehead atoms. The fourth-order valence-electron chi connectivity index (χ4n) is 2.32. The Morgan fingerprint density at radius 3 is 2.68 bits per heavy atom. The second-order valence-corrected chi connectivity index (χ2v) is 7.22. The molecule has 7 heteroatoms. The van der Waals surface area contributed by atoms with Crippen molar-refractivity contribution < 1.29 is 9.90 Å². The molecule has 3 rings (SSSR count). The molecular weight excluding hydrogens is 354 g/mol. The van der Waals surface area contributed by atoms with E-state index in [-0.39, 0.29) is 6.42 Å². The van der Waals surface area contributed by atoms with Gasteiger partial charge in [-0.1, -0.05) is 18.2 Å². The SMILES string of the molecule is N#Cc1ccc(-c2csc(N(CCC(=O)O)Cc3cccs3)n2)cc1. The highest BCUT2D eigenvalue weighted by Gasteiger charge is 2.15. The number of nitriles is 1. The van der Waals surface area contributed by atoms with Crippen LogP contribution < -0.4 is 4.90 Å². The molecule has 2 aromatic heterocycles. The van der Waals surface area contributed by atoms with E-state index in [0.29, 0.717) is 18.7 Å². The molecule has 0 fully saturated rings. The first-order valence-corrected chi connectivity index (χ1v) is 9.37. The number of thiazole rings is 1. The molecule has 1 aromatic carbocycles. The summed E-state index contributed by atoms with van der Waals surface area (Å²) in [5.74, 6) is -0.819. The third-order valence-electron chi connectivity index (χ3n) is 3.59. The topological polar surface area (TPSA) is 77.2 Å². The molecule has 1 N–H and O–H groups in total. The minimum atomic E-state index is -0.819. The number of benzene rings is 1. The number of anilines is 1. The second-order valence-electron chi connectivity index (χ2n) is 5.35. The van der Waals surface area contributed by atoms with Gasteiger partial charge in [0.1, 0.15) is 0 Å². The van der Waals surface area contributed by atoms with Gasteiger partial charge in [-0.3, -0.25) is 4.79 Å². The lowest BCUT2D eigenvalue weighted by Gasteiger charge is -2.20. The Bertz CT molecular complexity index is 880. The van der Waals surface area contributed by atoms with E-state index in [2.05, 4.69) is 11.1 Å². The van der Waals surface area contributed by atoms with E-state index in [1.54, 1.807) is 23.5 Å². The Labute approximate surface area is 153 Å². The smallest absolute Gasteiger partial charge is 0.305 e. The molecule has 0 unspecified atom stereocenters. The molecule has 5 nitrogen and oxygen atoms in total. The van der Waals surface area contributed by atoms with Gasteiger partial charge in [-0.25, -0.2) is 4.98 Å². The molecule has 0 saturated heterocycles. The molecule has 126 valence electrons. The van der Waals surface area contributed by atoms with Crippen molar-refractivity contribution in [3.63, 3.8) is 0 Å². The lowest BCUT2D eigenvalue weighted by atomic mass is 10.1. The lowest BCUT2D eigenvalue weighted by Crippen LogP contribution is -2.25. The summed E-state index contributed by atoms with van der Waals surface area (Å²) < 4.78 is 0. The Morgan fingerprint density at radius 2 is 2.04 bits per heavy atom. The van der Waals surface area contributed by atoms with Gasteiger partial charge in [0.15, 0.2) is 5.13 Å². The van der Waals surface area contributed by atoms with Crippen molar-refractivity contribution in [2.24, 2.45) is 0 Å². The molecule has 2 heterocycles. The van der Waals surface area contributed by atoms with Crippen molar-refractivity contribution in [2.75, 3.05) is 11.4 Å². The van der Waals surface area contributed by atoms with Crippen LogP contribution in [0.5, 0.6) is 0 Å². The summed E-state index contributed by atoms with van der Waals surface area (Å²) in [6.45, 7) is 1.05. The number of nitrogens with zero attached hydrogens (tertiary/aromatic N) is 3. The monoisotopic (exact) mass is 369 g/mol. The van der Waals surface area contributed by atoms with Gasteiger partial charge in [0.25, 0.3) is 0 Å². The summed E-state index contributed by atoms with van der Waals surface area (Å²) >= 11 is 3.14. The molecular formula is C18H15N3O2S2. The van der Waals surface area contributed by atoms with E-state index in [1.165, 1.54) is 16.2 Å². The van der Waals surface area contributed by atoms with Gasteiger partial charge < -0.3 is 10.0 Å². The first-order valence-electron chi connectivity index (χ1n) is 7.61. The molecule has 25 heavy (non-hydrogen) atoms. The molecule has 0 saturated carbocycles. The summed E-state index contributed by atoms with van der Waals surface area (Å²) in [6, 6.07) is 13.4. The van der Waals surface area contributed by atoms with Crippen LogP contribution in [0.15, 0.2) is 47.2 Å². The highest BCUT2D eigenvalue weighted by molar-refractivity contribution is 7.14. The maximum Gasteiger partial charge on any atom is 0.305 e. The highest BCUT2D eigenvalue weighted by atomic mass is 32.1. The fourth-order valence-corrected chi connectivity index (χ4v) is 3.90. The van der Waals surface area contributed by atoms with Gasteiger partial charge in [0.05, 0.1) is 30.3 Å². The number of hydrogen-bond acceptors (Lipinski definition) is 6. The average molecular weight is 369 g/mol. The summed E-state index contributed by atoms with van der Waals surface area (Å²) in [6.07, 6.45) is 0.0666.